The maximum Gasteiger partial charge on any atom is 0.137 e. The van der Waals surface area contributed by atoms with Crippen molar-refractivity contribution in [2.45, 2.75) is 40.5 Å². The lowest BCUT2D eigenvalue weighted by molar-refractivity contribution is -0.128. The summed E-state index contributed by atoms with van der Waals surface area (Å²) in [4.78, 5) is 20.5. The van der Waals surface area contributed by atoms with Crippen LogP contribution in [0.2, 0.25) is 0 Å². The van der Waals surface area contributed by atoms with E-state index in [9.17, 15) is 9.90 Å². The predicted molar refractivity (Wildman–Crippen MR) is 127 cm³/mol. The normalized spacial score (nSPS) is 13.3. The Hall–Kier alpha value is -3.11. The molecule has 0 aliphatic heterocycles. The molecule has 0 amide bonds. The second-order valence-corrected chi connectivity index (χ2v) is 8.41. The first-order chi connectivity index (χ1) is 14.8. The van der Waals surface area contributed by atoms with Gasteiger partial charge in [-0.2, -0.15) is 0 Å². The Morgan fingerprint density at radius 3 is 2.55 bits per heavy atom. The van der Waals surface area contributed by atoms with Crippen LogP contribution in [-0.4, -0.2) is 27.5 Å². The molecule has 1 aromatic heterocycles. The standard InChI is InChI=1S/C27H30N2O2/c1-19-8-9-22(12-13-27(4,18-30)21(3)31)16-24(19)11-10-23-6-5-7-25(20(23)2)26-17-28-14-15-29-26/h5-11,14-17,30H,12-13,18H2,1-4H3/b11-10+/t27-/m0/s1. The van der Waals surface area contributed by atoms with Crippen molar-refractivity contribution in [3.05, 3.63) is 82.8 Å². The van der Waals surface area contributed by atoms with Gasteiger partial charge in [-0.15, -0.1) is 0 Å². The average Bonchev–Trinajstić information content (AvgIpc) is 2.78. The molecule has 0 saturated heterocycles. The predicted octanol–water partition coefficient (Wildman–Crippen LogP) is 5.45. The number of aryl methyl sites for hydroxylation is 2. The van der Waals surface area contributed by atoms with E-state index in [2.05, 4.69) is 66.3 Å². The second-order valence-electron chi connectivity index (χ2n) is 8.41. The molecule has 1 N–H and O–H groups in total. The zero-order valence-electron chi connectivity index (χ0n) is 18.7. The SMILES string of the molecule is CC(=O)[C@](C)(CO)CCc1ccc(C)c(/C=C/c2cccc(-c3cnccn3)c2C)c1. The number of rotatable bonds is 8. The van der Waals surface area contributed by atoms with Crippen molar-refractivity contribution < 1.29 is 9.90 Å². The summed E-state index contributed by atoms with van der Waals surface area (Å²) in [6.45, 7) is 7.46. The van der Waals surface area contributed by atoms with Gasteiger partial charge in [0.1, 0.15) is 5.78 Å². The zero-order valence-corrected chi connectivity index (χ0v) is 18.7. The quantitative estimate of drug-likeness (QED) is 0.498. The molecule has 0 saturated carbocycles. The fourth-order valence-corrected chi connectivity index (χ4v) is 3.54. The van der Waals surface area contributed by atoms with Crippen molar-refractivity contribution >= 4 is 17.9 Å². The number of aliphatic hydroxyl groups is 1. The third-order valence-corrected chi connectivity index (χ3v) is 6.17. The Kier molecular flexibility index (Phi) is 7.13. The molecular formula is C27H30N2O2. The third-order valence-electron chi connectivity index (χ3n) is 6.17. The minimum Gasteiger partial charge on any atom is -0.395 e. The van der Waals surface area contributed by atoms with Crippen LogP contribution < -0.4 is 0 Å². The molecule has 31 heavy (non-hydrogen) atoms. The number of benzene rings is 2. The van der Waals surface area contributed by atoms with E-state index in [1.54, 1.807) is 25.5 Å². The van der Waals surface area contributed by atoms with Crippen LogP contribution in [0.1, 0.15) is 48.1 Å². The highest BCUT2D eigenvalue weighted by molar-refractivity contribution is 5.82. The van der Waals surface area contributed by atoms with Gasteiger partial charge in [-0.3, -0.25) is 14.8 Å². The van der Waals surface area contributed by atoms with Gasteiger partial charge < -0.3 is 5.11 Å². The minimum absolute atomic E-state index is 0.0284. The molecule has 2 aromatic carbocycles. The Balaban J connectivity index is 1.83. The second kappa shape index (κ2) is 9.80. The largest absolute Gasteiger partial charge is 0.395 e. The summed E-state index contributed by atoms with van der Waals surface area (Å²) >= 11 is 0. The van der Waals surface area contributed by atoms with Crippen LogP contribution in [0.25, 0.3) is 23.4 Å². The van der Waals surface area contributed by atoms with E-state index in [1.165, 1.54) is 5.56 Å². The van der Waals surface area contributed by atoms with E-state index >= 15 is 0 Å². The van der Waals surface area contributed by atoms with Crippen LogP contribution in [0, 0.1) is 19.3 Å². The van der Waals surface area contributed by atoms with E-state index in [4.69, 9.17) is 0 Å². The Labute approximate surface area is 184 Å². The first-order valence-corrected chi connectivity index (χ1v) is 10.6. The monoisotopic (exact) mass is 414 g/mol. The molecule has 160 valence electrons. The molecule has 0 radical (unpaired) electrons. The molecule has 1 atom stereocenters. The van der Waals surface area contributed by atoms with Gasteiger partial charge in [0.2, 0.25) is 0 Å². The number of carbonyl (C=O) groups is 1. The number of aliphatic hydroxyl groups excluding tert-OH is 1. The van der Waals surface area contributed by atoms with Gasteiger partial charge in [-0.05, 0) is 61.4 Å². The van der Waals surface area contributed by atoms with Crippen LogP contribution in [0.3, 0.4) is 0 Å². The molecule has 0 bridgehead atoms. The lowest BCUT2D eigenvalue weighted by atomic mass is 9.81. The minimum atomic E-state index is -0.682. The molecular weight excluding hydrogens is 384 g/mol. The number of aromatic nitrogens is 2. The van der Waals surface area contributed by atoms with Crippen LogP contribution >= 0.6 is 0 Å². The highest BCUT2D eigenvalue weighted by atomic mass is 16.3. The van der Waals surface area contributed by atoms with Crippen molar-refractivity contribution in [2.75, 3.05) is 6.61 Å². The highest BCUT2D eigenvalue weighted by Gasteiger charge is 2.28. The smallest absolute Gasteiger partial charge is 0.137 e. The number of carbonyl (C=O) groups excluding carboxylic acids is 1. The third kappa shape index (κ3) is 5.33. The number of nitrogens with zero attached hydrogens (tertiary/aromatic N) is 2. The molecule has 0 unspecified atom stereocenters. The van der Waals surface area contributed by atoms with Crippen molar-refractivity contribution in [1.29, 1.82) is 0 Å². The maximum atomic E-state index is 11.9. The van der Waals surface area contributed by atoms with Crippen molar-refractivity contribution in [3.63, 3.8) is 0 Å². The summed E-state index contributed by atoms with van der Waals surface area (Å²) in [5.74, 6) is 0.0284. The zero-order chi connectivity index (χ0) is 22.4. The number of ketones is 1. The van der Waals surface area contributed by atoms with Gasteiger partial charge in [0.05, 0.1) is 18.5 Å². The topological polar surface area (TPSA) is 63.1 Å². The van der Waals surface area contributed by atoms with Gasteiger partial charge in [0.15, 0.2) is 0 Å². The van der Waals surface area contributed by atoms with Crippen LogP contribution in [0.15, 0.2) is 55.0 Å². The van der Waals surface area contributed by atoms with Gasteiger partial charge in [-0.1, -0.05) is 55.5 Å². The molecule has 0 spiro atoms. The number of Topliss-reactive ketones (excluding diaryl/α,β-unsaturated/α-hetero) is 1. The molecule has 1 heterocycles. The summed E-state index contributed by atoms with van der Waals surface area (Å²) in [7, 11) is 0. The fraction of sp³-hybridized carbons (Fsp3) is 0.296. The summed E-state index contributed by atoms with van der Waals surface area (Å²) < 4.78 is 0. The van der Waals surface area contributed by atoms with Crippen molar-refractivity contribution in [2.24, 2.45) is 5.41 Å². The van der Waals surface area contributed by atoms with E-state index in [1.807, 2.05) is 13.0 Å². The van der Waals surface area contributed by atoms with E-state index in [0.717, 1.165) is 39.9 Å². The maximum absolute atomic E-state index is 11.9. The van der Waals surface area contributed by atoms with Crippen molar-refractivity contribution in [3.8, 4) is 11.3 Å². The Bertz CT molecular complexity index is 1090. The number of hydrogen-bond acceptors (Lipinski definition) is 4. The first kappa shape index (κ1) is 22.6. The van der Waals surface area contributed by atoms with Crippen LogP contribution in [-0.2, 0) is 11.2 Å². The van der Waals surface area contributed by atoms with Gasteiger partial charge in [0.25, 0.3) is 0 Å². The van der Waals surface area contributed by atoms with Gasteiger partial charge >= 0.3 is 0 Å². The molecule has 3 rings (SSSR count). The van der Waals surface area contributed by atoms with Gasteiger partial charge in [0, 0.05) is 23.4 Å². The molecule has 0 fully saturated rings. The molecule has 4 heteroatoms. The average molecular weight is 415 g/mol. The molecule has 4 nitrogen and oxygen atoms in total. The van der Waals surface area contributed by atoms with Gasteiger partial charge in [-0.25, -0.2) is 0 Å². The summed E-state index contributed by atoms with van der Waals surface area (Å²) in [5.41, 5.74) is 7.06. The van der Waals surface area contributed by atoms with E-state index < -0.39 is 5.41 Å². The fourth-order valence-electron chi connectivity index (χ4n) is 3.54. The first-order valence-electron chi connectivity index (χ1n) is 10.6. The highest BCUT2D eigenvalue weighted by Crippen LogP contribution is 2.27. The lowest BCUT2D eigenvalue weighted by Gasteiger charge is -2.24. The van der Waals surface area contributed by atoms with E-state index in [-0.39, 0.29) is 12.4 Å². The summed E-state index contributed by atoms with van der Waals surface area (Å²) in [5, 5.41) is 9.63. The molecule has 3 aromatic rings. The molecule has 0 aliphatic carbocycles. The molecule has 0 aliphatic rings. The van der Waals surface area contributed by atoms with Crippen LogP contribution in [0.4, 0.5) is 0 Å². The summed E-state index contributed by atoms with van der Waals surface area (Å²) in [6, 6.07) is 12.6. The van der Waals surface area contributed by atoms with Crippen LogP contribution in [0.5, 0.6) is 0 Å². The Morgan fingerprint density at radius 1 is 1.10 bits per heavy atom. The summed E-state index contributed by atoms with van der Waals surface area (Å²) in [6.07, 6.45) is 10.8. The Morgan fingerprint density at radius 2 is 1.87 bits per heavy atom. The lowest BCUT2D eigenvalue weighted by Crippen LogP contribution is -2.30. The van der Waals surface area contributed by atoms with E-state index in [0.29, 0.717) is 6.42 Å². The number of hydrogen-bond donors (Lipinski definition) is 1. The van der Waals surface area contributed by atoms with Crippen molar-refractivity contribution in [1.82, 2.24) is 9.97 Å².